The van der Waals surface area contributed by atoms with Crippen LogP contribution in [0.4, 0.5) is 14.5 Å². The summed E-state index contributed by atoms with van der Waals surface area (Å²) in [6, 6.07) is 9.93. The van der Waals surface area contributed by atoms with Gasteiger partial charge in [0, 0.05) is 23.6 Å². The molecule has 0 unspecified atom stereocenters. The number of carbonyl (C=O) groups is 1. The van der Waals surface area contributed by atoms with Crippen LogP contribution < -0.4 is 5.32 Å². The van der Waals surface area contributed by atoms with Gasteiger partial charge in [0.05, 0.1) is 17.5 Å². The number of anilines is 1. The Hall–Kier alpha value is -3.61. The maximum absolute atomic E-state index is 14.1. The smallest absolute Gasteiger partial charge is 0.258 e. The van der Waals surface area contributed by atoms with E-state index in [-0.39, 0.29) is 5.56 Å². The molecule has 0 saturated heterocycles. The fourth-order valence-electron chi connectivity index (χ4n) is 3.02. The van der Waals surface area contributed by atoms with Crippen LogP contribution >= 0.6 is 0 Å². The van der Waals surface area contributed by atoms with Gasteiger partial charge in [-0.2, -0.15) is 0 Å². The van der Waals surface area contributed by atoms with Gasteiger partial charge in [-0.25, -0.2) is 18.7 Å². The first kappa shape index (κ1) is 17.8. The first-order valence-corrected chi connectivity index (χ1v) is 8.60. The minimum Gasteiger partial charge on any atom is -0.322 e. The van der Waals surface area contributed by atoms with E-state index in [4.69, 9.17) is 0 Å². The average molecular weight is 378 g/mol. The minimum atomic E-state index is -0.570. The number of aryl methyl sites for hydroxylation is 2. The summed E-state index contributed by atoms with van der Waals surface area (Å²) >= 11 is 0. The minimum absolute atomic E-state index is 0.0136. The first-order chi connectivity index (χ1) is 13.4. The Morgan fingerprint density at radius 3 is 2.68 bits per heavy atom. The van der Waals surface area contributed by atoms with Crippen LogP contribution in [0.5, 0.6) is 0 Å². The monoisotopic (exact) mass is 378 g/mol. The highest BCUT2D eigenvalue weighted by molar-refractivity contribution is 6.06. The van der Waals surface area contributed by atoms with Gasteiger partial charge in [0.15, 0.2) is 5.82 Å². The number of rotatable bonds is 3. The topological polar surface area (TPSA) is 59.3 Å². The SMILES string of the molecule is Cc1ccc(-c2cn3cc(F)cnc3n2)cc1NC(=O)c1c(C)cccc1F. The molecule has 0 aliphatic carbocycles. The lowest BCUT2D eigenvalue weighted by Crippen LogP contribution is -2.16. The van der Waals surface area contributed by atoms with Gasteiger partial charge in [-0.15, -0.1) is 0 Å². The number of fused-ring (bicyclic) bond motifs is 1. The van der Waals surface area contributed by atoms with Crippen molar-refractivity contribution in [3.8, 4) is 11.3 Å². The summed E-state index contributed by atoms with van der Waals surface area (Å²) in [6.45, 7) is 3.53. The van der Waals surface area contributed by atoms with E-state index in [1.807, 2.05) is 19.1 Å². The summed E-state index contributed by atoms with van der Waals surface area (Å²) in [7, 11) is 0. The molecule has 0 spiro atoms. The molecule has 0 aliphatic rings. The lowest BCUT2D eigenvalue weighted by atomic mass is 10.1. The molecule has 1 amide bonds. The average Bonchev–Trinajstić information content (AvgIpc) is 3.06. The van der Waals surface area contributed by atoms with Crippen molar-refractivity contribution in [3.05, 3.63) is 83.3 Å². The third-order valence-electron chi connectivity index (χ3n) is 4.51. The van der Waals surface area contributed by atoms with Crippen molar-refractivity contribution in [2.75, 3.05) is 5.32 Å². The van der Waals surface area contributed by atoms with Gasteiger partial charge >= 0.3 is 0 Å². The molecule has 4 rings (SSSR count). The third kappa shape index (κ3) is 3.22. The van der Waals surface area contributed by atoms with E-state index in [0.717, 1.165) is 17.3 Å². The number of halogens is 2. The first-order valence-electron chi connectivity index (χ1n) is 8.60. The van der Waals surface area contributed by atoms with Crippen molar-refractivity contribution in [2.45, 2.75) is 13.8 Å². The van der Waals surface area contributed by atoms with Crippen molar-refractivity contribution in [1.29, 1.82) is 0 Å². The van der Waals surface area contributed by atoms with Gasteiger partial charge in [0.25, 0.3) is 5.91 Å². The van der Waals surface area contributed by atoms with E-state index in [1.165, 1.54) is 16.7 Å². The zero-order valence-electron chi connectivity index (χ0n) is 15.2. The summed E-state index contributed by atoms with van der Waals surface area (Å²) in [5.74, 6) is -1.19. The molecule has 4 aromatic rings. The third-order valence-corrected chi connectivity index (χ3v) is 4.51. The summed E-state index contributed by atoms with van der Waals surface area (Å²) < 4.78 is 28.9. The van der Waals surface area contributed by atoms with Crippen molar-refractivity contribution in [2.24, 2.45) is 0 Å². The van der Waals surface area contributed by atoms with Crippen LogP contribution in [-0.2, 0) is 0 Å². The number of nitrogens with zero attached hydrogens (tertiary/aromatic N) is 3. The van der Waals surface area contributed by atoms with Crippen LogP contribution in [-0.4, -0.2) is 20.3 Å². The Balaban J connectivity index is 1.69. The van der Waals surface area contributed by atoms with E-state index in [9.17, 15) is 13.6 Å². The number of imidazole rings is 1. The molecule has 0 saturated carbocycles. The number of hydrogen-bond donors (Lipinski definition) is 1. The normalized spacial score (nSPS) is 11.0. The van der Waals surface area contributed by atoms with E-state index in [0.29, 0.717) is 22.7 Å². The van der Waals surface area contributed by atoms with Crippen LogP contribution in [0.3, 0.4) is 0 Å². The lowest BCUT2D eigenvalue weighted by molar-refractivity contribution is 0.102. The van der Waals surface area contributed by atoms with Gasteiger partial charge in [-0.05, 0) is 37.1 Å². The van der Waals surface area contributed by atoms with Crippen molar-refractivity contribution in [1.82, 2.24) is 14.4 Å². The quantitative estimate of drug-likeness (QED) is 0.569. The predicted molar refractivity (Wildman–Crippen MR) is 102 cm³/mol. The number of hydrogen-bond acceptors (Lipinski definition) is 3. The molecule has 0 radical (unpaired) electrons. The molecule has 5 nitrogen and oxygen atoms in total. The molecular formula is C21H16F2N4O. The molecule has 0 aliphatic heterocycles. The Morgan fingerprint density at radius 2 is 1.89 bits per heavy atom. The van der Waals surface area contributed by atoms with E-state index >= 15 is 0 Å². The Kier molecular flexibility index (Phi) is 4.35. The van der Waals surface area contributed by atoms with E-state index in [1.54, 1.807) is 31.3 Å². The molecule has 2 heterocycles. The van der Waals surface area contributed by atoms with Crippen LogP contribution in [0.2, 0.25) is 0 Å². The highest BCUT2D eigenvalue weighted by Crippen LogP contribution is 2.26. The maximum atomic E-state index is 14.1. The zero-order valence-corrected chi connectivity index (χ0v) is 15.2. The standard InChI is InChI=1S/C21H16F2N4O/c1-12-6-7-14(18-11-27-10-15(22)9-24-21(27)26-18)8-17(12)25-20(28)19-13(2)4-3-5-16(19)23/h3-11H,1-2H3,(H,25,28). The molecule has 1 N–H and O–H groups in total. The number of carbonyl (C=O) groups excluding carboxylic acids is 1. The van der Waals surface area contributed by atoms with Gasteiger partial charge in [-0.1, -0.05) is 24.3 Å². The van der Waals surface area contributed by atoms with Crippen LogP contribution in [0.1, 0.15) is 21.5 Å². The number of amides is 1. The molecule has 0 fully saturated rings. The van der Waals surface area contributed by atoms with Crippen molar-refractivity contribution < 1.29 is 13.6 Å². The molecule has 28 heavy (non-hydrogen) atoms. The number of benzene rings is 2. The molecular weight excluding hydrogens is 362 g/mol. The largest absolute Gasteiger partial charge is 0.322 e. The highest BCUT2D eigenvalue weighted by Gasteiger charge is 2.16. The van der Waals surface area contributed by atoms with E-state index < -0.39 is 17.5 Å². The predicted octanol–water partition coefficient (Wildman–Crippen LogP) is 4.54. The number of nitrogens with one attached hydrogen (secondary N) is 1. The Labute approximate surface area is 159 Å². The second-order valence-electron chi connectivity index (χ2n) is 6.52. The fourth-order valence-corrected chi connectivity index (χ4v) is 3.02. The van der Waals surface area contributed by atoms with Gasteiger partial charge in [0.2, 0.25) is 5.78 Å². The molecule has 0 atom stereocenters. The summed E-state index contributed by atoms with van der Waals surface area (Å²) in [5, 5.41) is 2.77. The molecule has 140 valence electrons. The maximum Gasteiger partial charge on any atom is 0.258 e. The Bertz CT molecular complexity index is 1200. The van der Waals surface area contributed by atoms with Crippen LogP contribution in [0.25, 0.3) is 17.0 Å². The second-order valence-corrected chi connectivity index (χ2v) is 6.52. The fraction of sp³-hybridized carbons (Fsp3) is 0.0952. The van der Waals surface area contributed by atoms with Crippen LogP contribution in [0, 0.1) is 25.5 Å². The van der Waals surface area contributed by atoms with Crippen molar-refractivity contribution >= 4 is 17.4 Å². The molecule has 0 bridgehead atoms. The van der Waals surface area contributed by atoms with Crippen molar-refractivity contribution in [3.63, 3.8) is 0 Å². The summed E-state index contributed by atoms with van der Waals surface area (Å²) in [4.78, 5) is 20.9. The van der Waals surface area contributed by atoms with Crippen LogP contribution in [0.15, 0.2) is 55.0 Å². The number of aromatic nitrogens is 3. The zero-order chi connectivity index (χ0) is 19.8. The second kappa shape index (κ2) is 6.84. The molecule has 2 aromatic carbocycles. The van der Waals surface area contributed by atoms with Gasteiger partial charge in [-0.3, -0.25) is 9.20 Å². The summed E-state index contributed by atoms with van der Waals surface area (Å²) in [5.41, 5.74) is 3.23. The lowest BCUT2D eigenvalue weighted by Gasteiger charge is -2.12. The Morgan fingerprint density at radius 1 is 1.07 bits per heavy atom. The van der Waals surface area contributed by atoms with E-state index in [2.05, 4.69) is 15.3 Å². The molecule has 7 heteroatoms. The van der Waals surface area contributed by atoms with Gasteiger partial charge < -0.3 is 5.32 Å². The summed E-state index contributed by atoms with van der Waals surface area (Å²) in [6.07, 6.45) is 4.04. The molecule has 2 aromatic heterocycles. The van der Waals surface area contributed by atoms with Gasteiger partial charge in [0.1, 0.15) is 5.82 Å². The highest BCUT2D eigenvalue weighted by atomic mass is 19.1.